The standard InChI is InChI=1S/C19H22ClN3O3S/c1-19(2)9-11(7-8-26-19)23-17-15(18(25)22-23)16(27-10-14(24)21-17)12-5-3-4-6-13(12)20/h3-6,11,16H,7-10H2,1-2H3,(H,21,24)(H,22,25)/t11-,16-/m0/s1. The summed E-state index contributed by atoms with van der Waals surface area (Å²) in [5.74, 6) is 0.709. The van der Waals surface area contributed by atoms with Gasteiger partial charge in [-0.2, -0.15) is 0 Å². The first-order valence-electron chi connectivity index (χ1n) is 9.00. The third-order valence-electron chi connectivity index (χ3n) is 5.09. The summed E-state index contributed by atoms with van der Waals surface area (Å²) in [6.45, 7) is 4.70. The number of aromatic nitrogens is 2. The van der Waals surface area contributed by atoms with E-state index >= 15 is 0 Å². The zero-order chi connectivity index (χ0) is 19.2. The zero-order valence-corrected chi connectivity index (χ0v) is 16.8. The average Bonchev–Trinajstić information content (AvgIpc) is 2.81. The van der Waals surface area contributed by atoms with Gasteiger partial charge < -0.3 is 10.1 Å². The molecule has 8 heteroatoms. The summed E-state index contributed by atoms with van der Waals surface area (Å²) >= 11 is 7.83. The molecule has 1 fully saturated rings. The summed E-state index contributed by atoms with van der Waals surface area (Å²) in [6, 6.07) is 7.53. The molecule has 1 aromatic carbocycles. The lowest BCUT2D eigenvalue weighted by molar-refractivity contribution is -0.113. The number of nitrogens with one attached hydrogen (secondary N) is 2. The molecule has 0 unspecified atom stereocenters. The van der Waals surface area contributed by atoms with Crippen LogP contribution in [0.4, 0.5) is 5.82 Å². The highest BCUT2D eigenvalue weighted by molar-refractivity contribution is 8.00. The molecule has 2 N–H and O–H groups in total. The summed E-state index contributed by atoms with van der Waals surface area (Å²) < 4.78 is 7.63. The normalized spacial score (nSPS) is 24.8. The fourth-order valence-corrected chi connectivity index (χ4v) is 5.34. The Bertz CT molecular complexity index is 937. The second kappa shape index (κ2) is 7.04. The van der Waals surface area contributed by atoms with Crippen molar-refractivity contribution < 1.29 is 9.53 Å². The van der Waals surface area contributed by atoms with Gasteiger partial charge in [0, 0.05) is 11.6 Å². The Morgan fingerprint density at radius 2 is 2.07 bits per heavy atom. The molecule has 4 rings (SSSR count). The number of carbonyl (C=O) groups excluding carboxylic acids is 1. The van der Waals surface area contributed by atoms with E-state index < -0.39 is 0 Å². The molecule has 1 saturated heterocycles. The van der Waals surface area contributed by atoms with Gasteiger partial charge in [-0.15, -0.1) is 11.8 Å². The summed E-state index contributed by atoms with van der Waals surface area (Å²) in [5.41, 5.74) is 0.942. The fraction of sp³-hybridized carbons (Fsp3) is 0.474. The van der Waals surface area contributed by atoms with Crippen LogP contribution in [0.2, 0.25) is 5.02 Å². The molecule has 0 bridgehead atoms. The van der Waals surface area contributed by atoms with E-state index in [9.17, 15) is 9.59 Å². The summed E-state index contributed by atoms with van der Waals surface area (Å²) in [4.78, 5) is 25.3. The van der Waals surface area contributed by atoms with Crippen LogP contribution in [0.5, 0.6) is 0 Å². The number of ether oxygens (including phenoxy) is 1. The van der Waals surface area contributed by atoms with Crippen molar-refractivity contribution in [2.75, 3.05) is 17.7 Å². The van der Waals surface area contributed by atoms with Gasteiger partial charge in [0.2, 0.25) is 5.91 Å². The number of anilines is 1. The molecule has 1 amide bonds. The number of aromatic amines is 1. The largest absolute Gasteiger partial charge is 0.375 e. The van der Waals surface area contributed by atoms with Crippen molar-refractivity contribution in [1.82, 2.24) is 9.78 Å². The molecule has 144 valence electrons. The number of H-pyrrole nitrogens is 1. The number of hydrogen-bond donors (Lipinski definition) is 2. The average molecular weight is 408 g/mol. The van der Waals surface area contributed by atoms with Crippen molar-refractivity contribution in [2.24, 2.45) is 0 Å². The first-order chi connectivity index (χ1) is 12.9. The number of rotatable bonds is 2. The van der Waals surface area contributed by atoms with Gasteiger partial charge in [0.25, 0.3) is 5.56 Å². The van der Waals surface area contributed by atoms with Crippen LogP contribution in [-0.4, -0.2) is 33.6 Å². The highest BCUT2D eigenvalue weighted by Gasteiger charge is 2.36. The fourth-order valence-electron chi connectivity index (χ4n) is 3.87. The quantitative estimate of drug-likeness (QED) is 0.795. The topological polar surface area (TPSA) is 76.1 Å². The third kappa shape index (κ3) is 3.56. The van der Waals surface area contributed by atoms with Crippen molar-refractivity contribution >= 4 is 35.1 Å². The molecule has 6 nitrogen and oxygen atoms in total. The van der Waals surface area contributed by atoms with E-state index in [2.05, 4.69) is 10.4 Å². The summed E-state index contributed by atoms with van der Waals surface area (Å²) in [5, 5.41) is 6.20. The number of amides is 1. The van der Waals surface area contributed by atoms with Gasteiger partial charge in [0.05, 0.1) is 28.2 Å². The maximum atomic E-state index is 12.9. The molecular formula is C19H22ClN3O3S. The SMILES string of the molecule is CC1(C)C[C@@H](n2[nH]c(=O)c3c2NC(=O)CS[C@H]3c2ccccc2Cl)CCO1. The molecule has 0 spiro atoms. The Hall–Kier alpha value is -1.70. The van der Waals surface area contributed by atoms with Crippen LogP contribution in [0.1, 0.15) is 49.1 Å². The van der Waals surface area contributed by atoms with Crippen LogP contribution in [0.25, 0.3) is 0 Å². The highest BCUT2D eigenvalue weighted by atomic mass is 35.5. The molecule has 27 heavy (non-hydrogen) atoms. The van der Waals surface area contributed by atoms with E-state index in [4.69, 9.17) is 16.3 Å². The third-order valence-corrected chi connectivity index (χ3v) is 6.68. The van der Waals surface area contributed by atoms with Gasteiger partial charge >= 0.3 is 0 Å². The molecule has 3 heterocycles. The molecule has 2 aliphatic rings. The van der Waals surface area contributed by atoms with Crippen LogP contribution in [0, 0.1) is 0 Å². The van der Waals surface area contributed by atoms with E-state index in [1.165, 1.54) is 11.8 Å². The smallest absolute Gasteiger partial charge is 0.270 e. The molecule has 0 saturated carbocycles. The minimum Gasteiger partial charge on any atom is -0.375 e. The molecule has 0 aliphatic carbocycles. The van der Waals surface area contributed by atoms with Gasteiger partial charge in [-0.1, -0.05) is 29.8 Å². The second-order valence-corrected chi connectivity index (χ2v) is 9.09. The minimum absolute atomic E-state index is 0.0560. The van der Waals surface area contributed by atoms with Gasteiger partial charge in [0.1, 0.15) is 5.82 Å². The molecule has 2 aliphatic heterocycles. The zero-order valence-electron chi connectivity index (χ0n) is 15.3. The Balaban J connectivity index is 1.83. The van der Waals surface area contributed by atoms with Crippen LogP contribution in [0.3, 0.4) is 0 Å². The number of nitrogens with zero attached hydrogens (tertiary/aromatic N) is 1. The lowest BCUT2D eigenvalue weighted by Crippen LogP contribution is -2.36. The van der Waals surface area contributed by atoms with E-state index in [0.29, 0.717) is 23.0 Å². The molecule has 2 aromatic rings. The van der Waals surface area contributed by atoms with E-state index in [0.717, 1.165) is 18.4 Å². The van der Waals surface area contributed by atoms with Gasteiger partial charge in [0.15, 0.2) is 0 Å². The molecule has 0 radical (unpaired) electrons. The van der Waals surface area contributed by atoms with Crippen molar-refractivity contribution in [1.29, 1.82) is 0 Å². The van der Waals surface area contributed by atoms with Crippen LogP contribution < -0.4 is 10.9 Å². The van der Waals surface area contributed by atoms with Crippen molar-refractivity contribution in [3.63, 3.8) is 0 Å². The molecular weight excluding hydrogens is 386 g/mol. The number of benzene rings is 1. The van der Waals surface area contributed by atoms with Crippen molar-refractivity contribution in [2.45, 2.75) is 43.6 Å². The first-order valence-corrected chi connectivity index (χ1v) is 10.4. The minimum atomic E-state index is -0.300. The Kier molecular flexibility index (Phi) is 4.86. The van der Waals surface area contributed by atoms with Gasteiger partial charge in [-0.3, -0.25) is 19.4 Å². The molecule has 2 atom stereocenters. The number of halogens is 1. The number of fused-ring (bicyclic) bond motifs is 1. The summed E-state index contributed by atoms with van der Waals surface area (Å²) in [7, 11) is 0. The predicted octanol–water partition coefficient (Wildman–Crippen LogP) is 3.73. The van der Waals surface area contributed by atoms with Crippen LogP contribution >= 0.6 is 23.4 Å². The number of carbonyl (C=O) groups is 1. The van der Waals surface area contributed by atoms with Crippen LogP contribution in [0.15, 0.2) is 29.1 Å². The Morgan fingerprint density at radius 3 is 2.81 bits per heavy atom. The highest BCUT2D eigenvalue weighted by Crippen LogP contribution is 2.43. The number of thioether (sulfide) groups is 1. The Labute approximate surface area is 166 Å². The van der Waals surface area contributed by atoms with E-state index in [-0.39, 0.29) is 34.1 Å². The van der Waals surface area contributed by atoms with Gasteiger partial charge in [-0.05, 0) is 38.3 Å². The predicted molar refractivity (Wildman–Crippen MR) is 108 cm³/mol. The number of hydrogen-bond acceptors (Lipinski definition) is 4. The van der Waals surface area contributed by atoms with Crippen LogP contribution in [-0.2, 0) is 9.53 Å². The lowest BCUT2D eigenvalue weighted by atomic mass is 9.94. The first kappa shape index (κ1) is 18.7. The second-order valence-electron chi connectivity index (χ2n) is 7.59. The lowest BCUT2D eigenvalue weighted by Gasteiger charge is -2.36. The molecule has 1 aromatic heterocycles. The van der Waals surface area contributed by atoms with Crippen molar-refractivity contribution in [3.05, 3.63) is 50.8 Å². The summed E-state index contributed by atoms with van der Waals surface area (Å²) in [6.07, 6.45) is 1.53. The Morgan fingerprint density at radius 1 is 1.30 bits per heavy atom. The maximum Gasteiger partial charge on any atom is 0.270 e. The van der Waals surface area contributed by atoms with E-state index in [1.807, 2.05) is 42.8 Å². The maximum absolute atomic E-state index is 12.9. The van der Waals surface area contributed by atoms with E-state index in [1.54, 1.807) is 0 Å². The van der Waals surface area contributed by atoms with Crippen molar-refractivity contribution in [3.8, 4) is 0 Å². The van der Waals surface area contributed by atoms with Gasteiger partial charge in [-0.25, -0.2) is 0 Å². The monoisotopic (exact) mass is 407 g/mol.